The number of H-pyrrole nitrogens is 1. The SMILES string of the molecule is O=c1[nH]nccc1-c1ccccc1O. The molecule has 1 aromatic heterocycles. The average Bonchev–Trinajstić information content (AvgIpc) is 2.20. The molecule has 1 aromatic carbocycles. The number of rotatable bonds is 1. The van der Waals surface area contributed by atoms with Crippen LogP contribution in [0.3, 0.4) is 0 Å². The van der Waals surface area contributed by atoms with Crippen LogP contribution in [0.1, 0.15) is 0 Å². The number of aromatic amines is 1. The number of nitrogens with zero attached hydrogens (tertiary/aromatic N) is 1. The van der Waals surface area contributed by atoms with Crippen molar-refractivity contribution < 1.29 is 5.11 Å². The number of hydrogen-bond acceptors (Lipinski definition) is 3. The molecular weight excluding hydrogens is 180 g/mol. The Bertz CT molecular complexity index is 505. The third-order valence-corrected chi connectivity index (χ3v) is 1.92. The Kier molecular flexibility index (Phi) is 2.02. The number of aromatic nitrogens is 2. The van der Waals surface area contributed by atoms with Gasteiger partial charge in [-0.2, -0.15) is 5.10 Å². The van der Waals surface area contributed by atoms with Crippen LogP contribution < -0.4 is 5.56 Å². The lowest BCUT2D eigenvalue weighted by molar-refractivity contribution is 0.477. The first kappa shape index (κ1) is 8.50. The summed E-state index contributed by atoms with van der Waals surface area (Å²) in [6.45, 7) is 0. The van der Waals surface area contributed by atoms with E-state index in [0.717, 1.165) is 0 Å². The van der Waals surface area contributed by atoms with Gasteiger partial charge in [0.1, 0.15) is 5.75 Å². The summed E-state index contributed by atoms with van der Waals surface area (Å²) in [7, 11) is 0. The Morgan fingerprint density at radius 3 is 2.64 bits per heavy atom. The summed E-state index contributed by atoms with van der Waals surface area (Å²) in [6.07, 6.45) is 1.48. The second-order valence-corrected chi connectivity index (χ2v) is 2.82. The number of nitrogens with one attached hydrogen (secondary N) is 1. The normalized spacial score (nSPS) is 10.0. The molecule has 0 saturated heterocycles. The van der Waals surface area contributed by atoms with Crippen LogP contribution in [0.2, 0.25) is 0 Å². The van der Waals surface area contributed by atoms with Crippen molar-refractivity contribution in [1.29, 1.82) is 0 Å². The highest BCUT2D eigenvalue weighted by Gasteiger charge is 2.06. The Labute approximate surface area is 79.9 Å². The molecule has 0 atom stereocenters. The zero-order chi connectivity index (χ0) is 9.97. The third-order valence-electron chi connectivity index (χ3n) is 1.92. The molecule has 1 heterocycles. The molecule has 0 spiro atoms. The molecule has 0 fully saturated rings. The molecule has 0 saturated carbocycles. The fraction of sp³-hybridized carbons (Fsp3) is 0. The molecule has 4 heteroatoms. The molecule has 0 radical (unpaired) electrons. The molecule has 0 aliphatic carbocycles. The van der Waals surface area contributed by atoms with E-state index in [2.05, 4.69) is 10.2 Å². The highest BCUT2D eigenvalue weighted by molar-refractivity contribution is 5.68. The summed E-state index contributed by atoms with van der Waals surface area (Å²) >= 11 is 0. The van der Waals surface area contributed by atoms with E-state index in [-0.39, 0.29) is 11.3 Å². The number of aromatic hydroxyl groups is 1. The van der Waals surface area contributed by atoms with Crippen LogP contribution in [0.15, 0.2) is 41.3 Å². The zero-order valence-corrected chi connectivity index (χ0v) is 7.27. The first-order chi connectivity index (χ1) is 6.79. The second kappa shape index (κ2) is 3.33. The maximum Gasteiger partial charge on any atom is 0.272 e. The monoisotopic (exact) mass is 188 g/mol. The lowest BCUT2D eigenvalue weighted by Crippen LogP contribution is -2.09. The number of phenolic OH excluding ortho intramolecular Hbond substituents is 1. The number of benzene rings is 1. The first-order valence-electron chi connectivity index (χ1n) is 4.11. The van der Waals surface area contributed by atoms with Gasteiger partial charge < -0.3 is 5.11 Å². The van der Waals surface area contributed by atoms with Gasteiger partial charge in [0, 0.05) is 11.8 Å². The maximum atomic E-state index is 11.3. The molecule has 2 rings (SSSR count). The molecule has 0 amide bonds. The van der Waals surface area contributed by atoms with Gasteiger partial charge in [-0.25, -0.2) is 5.10 Å². The predicted octanol–water partition coefficient (Wildman–Crippen LogP) is 1.14. The average molecular weight is 188 g/mol. The lowest BCUT2D eigenvalue weighted by Gasteiger charge is -2.01. The summed E-state index contributed by atoms with van der Waals surface area (Å²) in [5.41, 5.74) is 0.614. The summed E-state index contributed by atoms with van der Waals surface area (Å²) in [5.74, 6) is 0.0872. The summed E-state index contributed by atoms with van der Waals surface area (Å²) in [4.78, 5) is 11.3. The molecule has 2 aromatic rings. The fourth-order valence-electron chi connectivity index (χ4n) is 1.26. The van der Waals surface area contributed by atoms with Gasteiger partial charge in [-0.1, -0.05) is 18.2 Å². The summed E-state index contributed by atoms with van der Waals surface area (Å²) in [6, 6.07) is 8.24. The van der Waals surface area contributed by atoms with Crippen LogP contribution in [0.5, 0.6) is 5.75 Å². The molecule has 0 aliphatic rings. The molecule has 14 heavy (non-hydrogen) atoms. The van der Waals surface area contributed by atoms with Crippen LogP contribution >= 0.6 is 0 Å². The van der Waals surface area contributed by atoms with E-state index in [1.165, 1.54) is 12.3 Å². The van der Waals surface area contributed by atoms with Crippen LogP contribution in [0, 0.1) is 0 Å². The second-order valence-electron chi connectivity index (χ2n) is 2.82. The fourth-order valence-corrected chi connectivity index (χ4v) is 1.26. The van der Waals surface area contributed by atoms with Crippen molar-refractivity contribution in [3.63, 3.8) is 0 Å². The molecular formula is C10H8N2O2. The van der Waals surface area contributed by atoms with Gasteiger partial charge in [0.25, 0.3) is 5.56 Å². The number of para-hydroxylation sites is 1. The minimum Gasteiger partial charge on any atom is -0.507 e. The predicted molar refractivity (Wildman–Crippen MR) is 52.0 cm³/mol. The Morgan fingerprint density at radius 1 is 1.14 bits per heavy atom. The van der Waals surface area contributed by atoms with E-state index in [0.29, 0.717) is 11.1 Å². The van der Waals surface area contributed by atoms with Gasteiger partial charge in [-0.3, -0.25) is 4.79 Å². The highest BCUT2D eigenvalue weighted by atomic mass is 16.3. The smallest absolute Gasteiger partial charge is 0.272 e. The van der Waals surface area contributed by atoms with Crippen molar-refractivity contribution >= 4 is 0 Å². The van der Waals surface area contributed by atoms with Crippen molar-refractivity contribution in [3.8, 4) is 16.9 Å². The Balaban J connectivity index is 2.67. The highest BCUT2D eigenvalue weighted by Crippen LogP contribution is 2.24. The van der Waals surface area contributed by atoms with E-state index in [4.69, 9.17) is 0 Å². The van der Waals surface area contributed by atoms with Crippen LogP contribution in [0.25, 0.3) is 11.1 Å². The molecule has 70 valence electrons. The van der Waals surface area contributed by atoms with Gasteiger partial charge in [-0.15, -0.1) is 0 Å². The summed E-state index contributed by atoms with van der Waals surface area (Å²) < 4.78 is 0. The van der Waals surface area contributed by atoms with Gasteiger partial charge in [0.15, 0.2) is 0 Å². The van der Waals surface area contributed by atoms with Gasteiger partial charge in [0.2, 0.25) is 0 Å². The van der Waals surface area contributed by atoms with Crippen molar-refractivity contribution in [1.82, 2.24) is 10.2 Å². The van der Waals surface area contributed by atoms with Crippen molar-refractivity contribution in [2.24, 2.45) is 0 Å². The topological polar surface area (TPSA) is 66.0 Å². The van der Waals surface area contributed by atoms with E-state index in [1.807, 2.05) is 0 Å². The van der Waals surface area contributed by atoms with Crippen molar-refractivity contribution in [2.75, 3.05) is 0 Å². The number of phenols is 1. The van der Waals surface area contributed by atoms with Crippen molar-refractivity contribution in [2.45, 2.75) is 0 Å². The Hall–Kier alpha value is -2.10. The van der Waals surface area contributed by atoms with Gasteiger partial charge >= 0.3 is 0 Å². The van der Waals surface area contributed by atoms with E-state index in [1.54, 1.807) is 24.3 Å². The molecule has 4 nitrogen and oxygen atoms in total. The van der Waals surface area contributed by atoms with Crippen LogP contribution in [-0.2, 0) is 0 Å². The van der Waals surface area contributed by atoms with Crippen LogP contribution in [-0.4, -0.2) is 15.3 Å². The van der Waals surface area contributed by atoms with Gasteiger partial charge in [-0.05, 0) is 12.1 Å². The quantitative estimate of drug-likeness (QED) is 0.705. The standard InChI is InChI=1S/C10H8N2O2/c13-9-4-2-1-3-7(9)8-5-6-11-12-10(8)14/h1-6,13H,(H,12,14). The largest absolute Gasteiger partial charge is 0.507 e. The molecule has 0 unspecified atom stereocenters. The van der Waals surface area contributed by atoms with Gasteiger partial charge in [0.05, 0.1) is 5.56 Å². The zero-order valence-electron chi connectivity index (χ0n) is 7.27. The van der Waals surface area contributed by atoms with Crippen LogP contribution in [0.4, 0.5) is 0 Å². The van der Waals surface area contributed by atoms with E-state index in [9.17, 15) is 9.90 Å². The summed E-state index contributed by atoms with van der Waals surface area (Å²) in [5, 5.41) is 15.4. The van der Waals surface area contributed by atoms with Crippen molar-refractivity contribution in [3.05, 3.63) is 46.9 Å². The Morgan fingerprint density at radius 2 is 1.93 bits per heavy atom. The maximum absolute atomic E-state index is 11.3. The van der Waals surface area contributed by atoms with E-state index < -0.39 is 0 Å². The molecule has 2 N–H and O–H groups in total. The first-order valence-corrected chi connectivity index (χ1v) is 4.11. The lowest BCUT2D eigenvalue weighted by atomic mass is 10.1. The molecule has 0 aliphatic heterocycles. The molecule has 0 bridgehead atoms. The minimum absolute atomic E-state index is 0.0872. The van der Waals surface area contributed by atoms with E-state index >= 15 is 0 Å². The third kappa shape index (κ3) is 1.37. The minimum atomic E-state index is -0.311. The number of hydrogen-bond donors (Lipinski definition) is 2.